The van der Waals surface area contributed by atoms with Crippen molar-refractivity contribution in [2.75, 3.05) is 14.2 Å². The van der Waals surface area contributed by atoms with Crippen molar-refractivity contribution in [1.82, 2.24) is 5.48 Å². The van der Waals surface area contributed by atoms with Crippen molar-refractivity contribution in [3.8, 4) is 5.75 Å². The molecule has 0 spiro atoms. The van der Waals surface area contributed by atoms with Crippen LogP contribution in [0.1, 0.15) is 35.1 Å². The molecule has 0 heterocycles. The van der Waals surface area contributed by atoms with E-state index in [1.54, 1.807) is 14.2 Å². The maximum Gasteiger partial charge on any atom is 0.123 e. The fourth-order valence-electron chi connectivity index (χ4n) is 2.67. The van der Waals surface area contributed by atoms with E-state index in [-0.39, 0.29) is 0 Å². The van der Waals surface area contributed by atoms with Crippen molar-refractivity contribution in [1.29, 1.82) is 0 Å². The Morgan fingerprint density at radius 3 is 2.71 bits per heavy atom. The van der Waals surface area contributed by atoms with Crippen LogP contribution in [0.2, 0.25) is 0 Å². The van der Waals surface area contributed by atoms with Gasteiger partial charge in [0.15, 0.2) is 0 Å². The third-order valence-corrected chi connectivity index (χ3v) is 3.63. The van der Waals surface area contributed by atoms with Crippen LogP contribution >= 0.6 is 0 Å². The Morgan fingerprint density at radius 1 is 1.24 bits per heavy atom. The summed E-state index contributed by atoms with van der Waals surface area (Å²) < 4.78 is 5.49. The zero-order valence-electron chi connectivity index (χ0n) is 10.9. The van der Waals surface area contributed by atoms with Crippen LogP contribution in [0, 0.1) is 6.92 Å². The third-order valence-electron chi connectivity index (χ3n) is 3.63. The highest BCUT2D eigenvalue weighted by atomic mass is 16.6. The van der Waals surface area contributed by atoms with E-state index in [4.69, 9.17) is 9.57 Å². The SMILES string of the molecule is CONCc1c(OC)cc2c(c1C)CCCC2. The summed E-state index contributed by atoms with van der Waals surface area (Å²) in [7, 11) is 3.38. The maximum absolute atomic E-state index is 5.49. The van der Waals surface area contributed by atoms with Crippen LogP contribution in [0.5, 0.6) is 5.75 Å². The summed E-state index contributed by atoms with van der Waals surface area (Å²) in [6.45, 7) is 2.89. The number of fused-ring (bicyclic) bond motifs is 1. The fraction of sp³-hybridized carbons (Fsp3) is 0.571. The highest BCUT2D eigenvalue weighted by Crippen LogP contribution is 2.33. The molecule has 3 nitrogen and oxygen atoms in total. The molecule has 1 aliphatic rings. The van der Waals surface area contributed by atoms with E-state index in [0.717, 1.165) is 5.75 Å². The molecule has 0 amide bonds. The number of benzene rings is 1. The largest absolute Gasteiger partial charge is 0.496 e. The molecule has 94 valence electrons. The lowest BCUT2D eigenvalue weighted by atomic mass is 9.86. The van der Waals surface area contributed by atoms with Gasteiger partial charge in [-0.2, -0.15) is 5.48 Å². The molecule has 1 aliphatic carbocycles. The van der Waals surface area contributed by atoms with Crippen LogP contribution in [0.15, 0.2) is 6.07 Å². The van der Waals surface area contributed by atoms with E-state index in [9.17, 15) is 0 Å². The number of hydrogen-bond donors (Lipinski definition) is 1. The average molecular weight is 235 g/mol. The molecule has 0 radical (unpaired) electrons. The van der Waals surface area contributed by atoms with Crippen molar-refractivity contribution < 1.29 is 9.57 Å². The molecule has 1 N–H and O–H groups in total. The second-order valence-electron chi connectivity index (χ2n) is 4.55. The van der Waals surface area contributed by atoms with Gasteiger partial charge in [0.2, 0.25) is 0 Å². The predicted octanol–water partition coefficient (Wildman–Crippen LogP) is 2.53. The number of methoxy groups -OCH3 is 1. The Bertz CT molecular complexity index is 402. The highest BCUT2D eigenvalue weighted by molar-refractivity contribution is 5.50. The van der Waals surface area contributed by atoms with Crippen LogP contribution in [-0.4, -0.2) is 14.2 Å². The normalized spacial score (nSPS) is 14.5. The van der Waals surface area contributed by atoms with Gasteiger partial charge in [0.25, 0.3) is 0 Å². The number of ether oxygens (including phenoxy) is 1. The van der Waals surface area contributed by atoms with Gasteiger partial charge >= 0.3 is 0 Å². The zero-order valence-corrected chi connectivity index (χ0v) is 10.9. The first-order valence-electron chi connectivity index (χ1n) is 6.22. The van der Waals surface area contributed by atoms with Crippen molar-refractivity contribution in [2.45, 2.75) is 39.2 Å². The second-order valence-corrected chi connectivity index (χ2v) is 4.55. The minimum Gasteiger partial charge on any atom is -0.496 e. The van der Waals surface area contributed by atoms with Crippen molar-refractivity contribution in [2.24, 2.45) is 0 Å². The molecule has 17 heavy (non-hydrogen) atoms. The summed E-state index contributed by atoms with van der Waals surface area (Å²) in [5, 5.41) is 0. The first-order valence-corrected chi connectivity index (χ1v) is 6.22. The number of rotatable bonds is 4. The minimum absolute atomic E-state index is 0.693. The van der Waals surface area contributed by atoms with Crippen molar-refractivity contribution >= 4 is 0 Å². The third kappa shape index (κ3) is 2.45. The lowest BCUT2D eigenvalue weighted by Gasteiger charge is -2.23. The van der Waals surface area contributed by atoms with E-state index < -0.39 is 0 Å². The molecular weight excluding hydrogens is 214 g/mol. The summed E-state index contributed by atoms with van der Waals surface area (Å²) in [6.07, 6.45) is 4.98. The number of hydroxylamine groups is 1. The molecule has 0 aromatic heterocycles. The Labute approximate surface area is 103 Å². The molecule has 0 atom stereocenters. The summed E-state index contributed by atoms with van der Waals surface area (Å²) in [5.41, 5.74) is 8.47. The summed E-state index contributed by atoms with van der Waals surface area (Å²) in [4.78, 5) is 4.94. The molecule has 0 saturated carbocycles. The average Bonchev–Trinajstić information content (AvgIpc) is 2.37. The van der Waals surface area contributed by atoms with E-state index in [1.165, 1.54) is 47.9 Å². The predicted molar refractivity (Wildman–Crippen MR) is 68.2 cm³/mol. The Balaban J connectivity index is 2.41. The maximum atomic E-state index is 5.49. The smallest absolute Gasteiger partial charge is 0.123 e. The summed E-state index contributed by atoms with van der Waals surface area (Å²) >= 11 is 0. The van der Waals surface area contributed by atoms with Crippen molar-refractivity contribution in [3.05, 3.63) is 28.3 Å². The van der Waals surface area contributed by atoms with Gasteiger partial charge in [-0.05, 0) is 55.4 Å². The van der Waals surface area contributed by atoms with E-state index in [1.807, 2.05) is 0 Å². The molecule has 0 fully saturated rings. The lowest BCUT2D eigenvalue weighted by molar-refractivity contribution is 0.0859. The molecule has 0 saturated heterocycles. The second kappa shape index (κ2) is 5.52. The van der Waals surface area contributed by atoms with E-state index in [0.29, 0.717) is 6.54 Å². The van der Waals surface area contributed by atoms with Crippen LogP contribution in [0.25, 0.3) is 0 Å². The van der Waals surface area contributed by atoms with Gasteiger partial charge in [0.05, 0.1) is 14.2 Å². The molecular formula is C14H21NO2. The molecule has 2 rings (SSSR count). The quantitative estimate of drug-likeness (QED) is 0.813. The van der Waals surface area contributed by atoms with Gasteiger partial charge in [0, 0.05) is 12.1 Å². The molecule has 3 heteroatoms. The van der Waals surface area contributed by atoms with Crippen LogP contribution in [0.4, 0.5) is 0 Å². The van der Waals surface area contributed by atoms with Gasteiger partial charge in [-0.3, -0.25) is 0 Å². The summed E-state index contributed by atoms with van der Waals surface area (Å²) in [5.74, 6) is 0.979. The Hall–Kier alpha value is -1.06. The molecule has 0 unspecified atom stereocenters. The van der Waals surface area contributed by atoms with Gasteiger partial charge in [0.1, 0.15) is 5.75 Å². The van der Waals surface area contributed by atoms with Gasteiger partial charge in [-0.15, -0.1) is 0 Å². The molecule has 0 bridgehead atoms. The first-order chi connectivity index (χ1) is 8.27. The van der Waals surface area contributed by atoms with Gasteiger partial charge in [-0.1, -0.05) is 0 Å². The number of nitrogens with one attached hydrogen (secondary N) is 1. The summed E-state index contributed by atoms with van der Waals surface area (Å²) in [6, 6.07) is 2.20. The van der Waals surface area contributed by atoms with E-state index in [2.05, 4.69) is 18.5 Å². The molecule has 0 aliphatic heterocycles. The molecule has 1 aromatic rings. The molecule has 1 aromatic carbocycles. The van der Waals surface area contributed by atoms with E-state index >= 15 is 0 Å². The standard InChI is InChI=1S/C14H21NO2/c1-10-12-7-5-4-6-11(12)8-14(16-2)13(10)9-15-17-3/h8,15H,4-7,9H2,1-3H3. The number of hydrogen-bond acceptors (Lipinski definition) is 3. The lowest BCUT2D eigenvalue weighted by Crippen LogP contribution is -2.15. The number of aryl methyl sites for hydroxylation is 1. The van der Waals surface area contributed by atoms with Gasteiger partial charge in [-0.25, -0.2) is 0 Å². The topological polar surface area (TPSA) is 30.5 Å². The minimum atomic E-state index is 0.693. The van der Waals surface area contributed by atoms with Crippen LogP contribution < -0.4 is 10.2 Å². The fourth-order valence-corrected chi connectivity index (χ4v) is 2.67. The first kappa shape index (κ1) is 12.4. The van der Waals surface area contributed by atoms with Crippen LogP contribution in [-0.2, 0) is 24.2 Å². The Morgan fingerprint density at radius 2 is 2.00 bits per heavy atom. The van der Waals surface area contributed by atoms with Crippen molar-refractivity contribution in [3.63, 3.8) is 0 Å². The monoisotopic (exact) mass is 235 g/mol. The van der Waals surface area contributed by atoms with Gasteiger partial charge < -0.3 is 9.57 Å². The Kier molecular flexibility index (Phi) is 4.02. The zero-order chi connectivity index (χ0) is 12.3. The van der Waals surface area contributed by atoms with Crippen LogP contribution in [0.3, 0.4) is 0 Å². The highest BCUT2D eigenvalue weighted by Gasteiger charge is 2.17.